The molecular formula is C25H26N4O4S. The van der Waals surface area contributed by atoms with E-state index in [1.807, 2.05) is 19.9 Å². The van der Waals surface area contributed by atoms with E-state index < -0.39 is 15.9 Å². The van der Waals surface area contributed by atoms with Gasteiger partial charge in [0.05, 0.1) is 15.9 Å². The number of amides is 1. The number of nitrogens with zero attached hydrogens (tertiary/aromatic N) is 2. The van der Waals surface area contributed by atoms with Crippen LogP contribution in [0.2, 0.25) is 0 Å². The monoisotopic (exact) mass is 478 g/mol. The second-order valence-electron chi connectivity index (χ2n) is 8.44. The Labute approximate surface area is 197 Å². The Bertz CT molecular complexity index is 1610. The number of hydrogen-bond acceptors (Lipinski definition) is 4. The molecule has 9 heteroatoms. The fourth-order valence-corrected chi connectivity index (χ4v) is 5.15. The van der Waals surface area contributed by atoms with Gasteiger partial charge in [-0.3, -0.25) is 18.7 Å². The van der Waals surface area contributed by atoms with Crippen LogP contribution in [-0.2, 0) is 24.1 Å². The Morgan fingerprint density at radius 3 is 2.12 bits per heavy atom. The van der Waals surface area contributed by atoms with E-state index in [4.69, 9.17) is 0 Å². The summed E-state index contributed by atoms with van der Waals surface area (Å²) in [5.74, 6) is -0.456. The van der Waals surface area contributed by atoms with Crippen molar-refractivity contribution in [3.05, 3.63) is 87.3 Å². The molecule has 2 N–H and O–H groups in total. The SMILES string of the molecule is Cc1ccc(NS(=O)(=O)c2cc(C(=O)Nc3ccc4c(c3)n(C)c(=O)n4C)ccc2C)cc1C. The molecule has 34 heavy (non-hydrogen) atoms. The van der Waals surface area contributed by atoms with Crippen LogP contribution in [-0.4, -0.2) is 23.5 Å². The highest BCUT2D eigenvalue weighted by molar-refractivity contribution is 7.92. The van der Waals surface area contributed by atoms with Crippen LogP contribution < -0.4 is 15.7 Å². The number of imidazole rings is 1. The smallest absolute Gasteiger partial charge is 0.322 e. The summed E-state index contributed by atoms with van der Waals surface area (Å²) in [6, 6.07) is 15.0. The minimum atomic E-state index is -3.91. The van der Waals surface area contributed by atoms with Gasteiger partial charge in [0.15, 0.2) is 0 Å². The number of aryl methyl sites for hydroxylation is 5. The van der Waals surface area contributed by atoms with Gasteiger partial charge in [-0.2, -0.15) is 0 Å². The average Bonchev–Trinajstić information content (AvgIpc) is 3.00. The van der Waals surface area contributed by atoms with Gasteiger partial charge in [-0.25, -0.2) is 13.2 Å². The maximum absolute atomic E-state index is 13.1. The van der Waals surface area contributed by atoms with Crippen LogP contribution in [0.4, 0.5) is 11.4 Å². The third kappa shape index (κ3) is 4.22. The number of rotatable bonds is 5. The van der Waals surface area contributed by atoms with Crippen molar-refractivity contribution in [1.82, 2.24) is 9.13 Å². The lowest BCUT2D eigenvalue weighted by Crippen LogP contribution is -2.19. The Morgan fingerprint density at radius 2 is 1.41 bits per heavy atom. The van der Waals surface area contributed by atoms with Gasteiger partial charge >= 0.3 is 5.69 Å². The molecular weight excluding hydrogens is 452 g/mol. The van der Waals surface area contributed by atoms with E-state index in [1.165, 1.54) is 15.2 Å². The summed E-state index contributed by atoms with van der Waals surface area (Å²) >= 11 is 0. The van der Waals surface area contributed by atoms with Crippen molar-refractivity contribution in [2.45, 2.75) is 25.7 Å². The molecule has 0 aliphatic heterocycles. The Balaban J connectivity index is 1.63. The number of carbonyl (C=O) groups excluding carboxylic acids is 1. The Kier molecular flexibility index (Phi) is 5.82. The van der Waals surface area contributed by atoms with Crippen molar-refractivity contribution in [1.29, 1.82) is 0 Å². The van der Waals surface area contributed by atoms with Crippen molar-refractivity contribution >= 4 is 38.3 Å². The van der Waals surface area contributed by atoms with E-state index in [1.54, 1.807) is 63.5 Å². The normalized spacial score (nSPS) is 11.6. The molecule has 0 atom stereocenters. The number of carbonyl (C=O) groups is 1. The minimum Gasteiger partial charge on any atom is -0.322 e. The number of sulfonamides is 1. The highest BCUT2D eigenvalue weighted by Gasteiger charge is 2.20. The molecule has 1 amide bonds. The summed E-state index contributed by atoms with van der Waals surface area (Å²) in [6.45, 7) is 5.55. The van der Waals surface area contributed by atoms with Gasteiger partial charge in [-0.05, 0) is 79.9 Å². The molecule has 0 fully saturated rings. The maximum atomic E-state index is 13.1. The molecule has 0 aliphatic rings. The summed E-state index contributed by atoms with van der Waals surface area (Å²) in [7, 11) is -0.563. The number of aromatic nitrogens is 2. The Morgan fingerprint density at radius 1 is 0.765 bits per heavy atom. The number of fused-ring (bicyclic) bond motifs is 1. The highest BCUT2D eigenvalue weighted by atomic mass is 32.2. The van der Waals surface area contributed by atoms with Crippen LogP contribution in [0.1, 0.15) is 27.0 Å². The van der Waals surface area contributed by atoms with E-state index >= 15 is 0 Å². The first-order chi connectivity index (χ1) is 16.0. The van der Waals surface area contributed by atoms with Crippen molar-refractivity contribution in [3.8, 4) is 0 Å². The van der Waals surface area contributed by atoms with E-state index in [-0.39, 0.29) is 16.1 Å². The lowest BCUT2D eigenvalue weighted by Gasteiger charge is -2.13. The van der Waals surface area contributed by atoms with Gasteiger partial charge in [-0.1, -0.05) is 12.1 Å². The number of benzene rings is 3. The molecule has 0 saturated heterocycles. The summed E-state index contributed by atoms with van der Waals surface area (Å²) in [6.07, 6.45) is 0. The topological polar surface area (TPSA) is 102 Å². The molecule has 0 unspecified atom stereocenters. The Hall–Kier alpha value is -3.85. The van der Waals surface area contributed by atoms with Crippen LogP contribution in [0.25, 0.3) is 11.0 Å². The predicted octanol–water partition coefficient (Wildman–Crippen LogP) is 3.86. The molecule has 1 aromatic heterocycles. The molecule has 0 spiro atoms. The van der Waals surface area contributed by atoms with Gasteiger partial charge < -0.3 is 5.32 Å². The van der Waals surface area contributed by atoms with Crippen molar-refractivity contribution in [2.24, 2.45) is 14.1 Å². The molecule has 0 saturated carbocycles. The maximum Gasteiger partial charge on any atom is 0.328 e. The first kappa shape index (κ1) is 23.3. The van der Waals surface area contributed by atoms with Crippen LogP contribution in [0.15, 0.2) is 64.3 Å². The third-order valence-corrected chi connectivity index (χ3v) is 7.55. The van der Waals surface area contributed by atoms with E-state index in [0.29, 0.717) is 22.5 Å². The minimum absolute atomic E-state index is 0.0271. The summed E-state index contributed by atoms with van der Waals surface area (Å²) in [5.41, 5.74) is 4.96. The lowest BCUT2D eigenvalue weighted by molar-refractivity contribution is 0.102. The zero-order chi connectivity index (χ0) is 24.8. The van der Waals surface area contributed by atoms with E-state index in [9.17, 15) is 18.0 Å². The molecule has 4 rings (SSSR count). The first-order valence-corrected chi connectivity index (χ1v) is 12.1. The van der Waals surface area contributed by atoms with Crippen LogP contribution in [0.3, 0.4) is 0 Å². The molecule has 0 bridgehead atoms. The van der Waals surface area contributed by atoms with Crippen LogP contribution >= 0.6 is 0 Å². The van der Waals surface area contributed by atoms with Crippen molar-refractivity contribution in [2.75, 3.05) is 10.0 Å². The number of hydrogen-bond donors (Lipinski definition) is 2. The first-order valence-electron chi connectivity index (χ1n) is 10.7. The highest BCUT2D eigenvalue weighted by Crippen LogP contribution is 2.24. The standard InChI is InChI=1S/C25H26N4O4S/c1-15-7-9-20(12-17(15)3)27-34(32,33)23-13-18(8-6-16(23)2)24(30)26-19-10-11-21-22(14-19)29(5)25(31)28(21)4/h6-14,27H,1-5H3,(H,26,30). The average molecular weight is 479 g/mol. The van der Waals surface area contributed by atoms with Crippen LogP contribution in [0, 0.1) is 20.8 Å². The molecule has 1 heterocycles. The quantitative estimate of drug-likeness (QED) is 0.455. The van der Waals surface area contributed by atoms with Crippen LogP contribution in [0.5, 0.6) is 0 Å². The summed E-state index contributed by atoms with van der Waals surface area (Å²) in [5, 5.41) is 2.79. The second-order valence-corrected chi connectivity index (χ2v) is 10.1. The van der Waals surface area contributed by atoms with Crippen molar-refractivity contribution in [3.63, 3.8) is 0 Å². The molecule has 3 aromatic carbocycles. The number of anilines is 2. The van der Waals surface area contributed by atoms with Crippen molar-refractivity contribution < 1.29 is 13.2 Å². The largest absolute Gasteiger partial charge is 0.328 e. The molecule has 0 aliphatic carbocycles. The second kappa shape index (κ2) is 8.49. The summed E-state index contributed by atoms with van der Waals surface area (Å²) < 4.78 is 31.8. The van der Waals surface area contributed by atoms with Gasteiger partial charge in [-0.15, -0.1) is 0 Å². The zero-order valence-corrected chi connectivity index (χ0v) is 20.4. The van der Waals surface area contributed by atoms with Gasteiger partial charge in [0.1, 0.15) is 0 Å². The fourth-order valence-electron chi connectivity index (χ4n) is 3.83. The number of nitrogens with one attached hydrogen (secondary N) is 2. The molecule has 8 nitrogen and oxygen atoms in total. The fraction of sp³-hybridized carbons (Fsp3) is 0.200. The van der Waals surface area contributed by atoms with Gasteiger partial charge in [0.2, 0.25) is 0 Å². The third-order valence-electron chi connectivity index (χ3n) is 6.03. The molecule has 0 radical (unpaired) electrons. The summed E-state index contributed by atoms with van der Waals surface area (Å²) in [4.78, 5) is 25.1. The molecule has 176 valence electrons. The van der Waals surface area contributed by atoms with E-state index in [0.717, 1.165) is 16.6 Å². The van der Waals surface area contributed by atoms with E-state index in [2.05, 4.69) is 10.0 Å². The van der Waals surface area contributed by atoms with Gasteiger partial charge in [0.25, 0.3) is 15.9 Å². The lowest BCUT2D eigenvalue weighted by atomic mass is 10.1. The van der Waals surface area contributed by atoms with Gasteiger partial charge in [0, 0.05) is 31.0 Å². The zero-order valence-electron chi connectivity index (χ0n) is 19.6. The predicted molar refractivity (Wildman–Crippen MR) is 134 cm³/mol. The molecule has 4 aromatic rings.